The van der Waals surface area contributed by atoms with Crippen LogP contribution in [0.25, 0.3) is 16.8 Å². The second-order valence-corrected chi connectivity index (χ2v) is 3.78. The Bertz CT molecular complexity index is 624. The summed E-state index contributed by atoms with van der Waals surface area (Å²) in [6, 6.07) is 11.7. The van der Waals surface area contributed by atoms with Crippen LogP contribution in [0.4, 0.5) is 0 Å². The predicted octanol–water partition coefficient (Wildman–Crippen LogP) is 2.77. The van der Waals surface area contributed by atoms with Crippen molar-refractivity contribution in [1.29, 1.82) is 0 Å². The maximum absolute atomic E-state index is 11.8. The summed E-state index contributed by atoms with van der Waals surface area (Å²) in [5.41, 5.74) is 2.15. The first-order valence-corrected chi connectivity index (χ1v) is 5.08. The van der Waals surface area contributed by atoms with E-state index in [9.17, 15) is 4.79 Å². The Morgan fingerprint density at radius 3 is 2.80 bits per heavy atom. The van der Waals surface area contributed by atoms with Crippen LogP contribution in [-0.4, -0.2) is 0 Å². The van der Waals surface area contributed by atoms with E-state index < -0.39 is 0 Å². The molecule has 1 aliphatic carbocycles. The minimum absolute atomic E-state index is 0.120. The summed E-state index contributed by atoms with van der Waals surface area (Å²) in [6.45, 7) is 0. The standard InChI is InChI=1S/C14H10O/c15-14-9-8-10-4-1-2-5-11(10)12-6-3-7-13(12)14/h1-5,7-9H,6H2. The van der Waals surface area contributed by atoms with Gasteiger partial charge in [0.25, 0.3) is 0 Å². The van der Waals surface area contributed by atoms with Crippen LogP contribution in [-0.2, 0) is 6.42 Å². The maximum atomic E-state index is 11.8. The van der Waals surface area contributed by atoms with Gasteiger partial charge in [-0.25, -0.2) is 0 Å². The molecule has 0 heterocycles. The highest BCUT2D eigenvalue weighted by Crippen LogP contribution is 2.24. The molecular weight excluding hydrogens is 184 g/mol. The summed E-state index contributed by atoms with van der Waals surface area (Å²) in [5.74, 6) is 0. The highest BCUT2D eigenvalue weighted by Gasteiger charge is 2.10. The highest BCUT2D eigenvalue weighted by atomic mass is 16.1. The first-order valence-electron chi connectivity index (χ1n) is 5.08. The normalized spacial score (nSPS) is 13.1. The largest absolute Gasteiger partial charge is 0.289 e. The van der Waals surface area contributed by atoms with Crippen molar-refractivity contribution in [3.63, 3.8) is 0 Å². The number of fused-ring (bicyclic) bond motifs is 3. The van der Waals surface area contributed by atoms with Gasteiger partial charge in [-0.1, -0.05) is 42.5 Å². The van der Waals surface area contributed by atoms with Crippen molar-refractivity contribution in [2.45, 2.75) is 6.42 Å². The van der Waals surface area contributed by atoms with E-state index in [2.05, 4.69) is 12.1 Å². The highest BCUT2D eigenvalue weighted by molar-refractivity contribution is 5.88. The minimum Gasteiger partial charge on any atom is -0.289 e. The van der Waals surface area contributed by atoms with E-state index in [1.54, 1.807) is 6.07 Å². The van der Waals surface area contributed by atoms with Crippen LogP contribution in [0.5, 0.6) is 0 Å². The summed E-state index contributed by atoms with van der Waals surface area (Å²) in [5, 5.41) is 2.33. The second-order valence-electron chi connectivity index (χ2n) is 3.78. The van der Waals surface area contributed by atoms with Gasteiger partial charge in [0.1, 0.15) is 0 Å². The molecule has 0 aliphatic heterocycles. The molecule has 0 radical (unpaired) electrons. The summed E-state index contributed by atoms with van der Waals surface area (Å²) in [6.07, 6.45) is 4.86. The van der Waals surface area contributed by atoms with Gasteiger partial charge in [0.15, 0.2) is 5.43 Å². The molecule has 1 aliphatic rings. The molecule has 15 heavy (non-hydrogen) atoms. The predicted molar refractivity (Wildman–Crippen MR) is 63.0 cm³/mol. The molecule has 0 aromatic heterocycles. The van der Waals surface area contributed by atoms with Crippen molar-refractivity contribution < 1.29 is 0 Å². The maximum Gasteiger partial charge on any atom is 0.186 e. The number of allylic oxidation sites excluding steroid dienone is 1. The average molecular weight is 194 g/mol. The van der Waals surface area contributed by atoms with Crippen molar-refractivity contribution in [3.05, 3.63) is 63.8 Å². The van der Waals surface area contributed by atoms with Crippen LogP contribution in [0, 0.1) is 0 Å². The molecular formula is C14H10O. The van der Waals surface area contributed by atoms with Gasteiger partial charge in [0.05, 0.1) is 0 Å². The van der Waals surface area contributed by atoms with Gasteiger partial charge in [-0.05, 0) is 28.8 Å². The molecule has 2 aromatic rings. The summed E-state index contributed by atoms with van der Waals surface area (Å²) >= 11 is 0. The molecule has 0 atom stereocenters. The van der Waals surface area contributed by atoms with Gasteiger partial charge < -0.3 is 0 Å². The van der Waals surface area contributed by atoms with Crippen molar-refractivity contribution in [2.24, 2.45) is 0 Å². The molecule has 0 bridgehead atoms. The third kappa shape index (κ3) is 1.20. The zero-order chi connectivity index (χ0) is 10.3. The Labute approximate surface area is 87.7 Å². The van der Waals surface area contributed by atoms with E-state index in [4.69, 9.17) is 0 Å². The molecule has 1 nitrogen and oxygen atoms in total. The van der Waals surface area contributed by atoms with Gasteiger partial charge in [-0.3, -0.25) is 4.79 Å². The molecule has 0 unspecified atom stereocenters. The molecule has 3 rings (SSSR count). The minimum atomic E-state index is 0.120. The third-order valence-corrected chi connectivity index (χ3v) is 2.90. The lowest BCUT2D eigenvalue weighted by molar-refractivity contribution is 1.34. The SMILES string of the molecule is O=c1ccc2ccccc2c2c1C=CC2. The topological polar surface area (TPSA) is 17.1 Å². The summed E-state index contributed by atoms with van der Waals surface area (Å²) in [7, 11) is 0. The molecule has 0 N–H and O–H groups in total. The molecule has 72 valence electrons. The molecule has 0 saturated carbocycles. The van der Waals surface area contributed by atoms with E-state index in [1.165, 1.54) is 10.9 Å². The fourth-order valence-corrected chi connectivity index (χ4v) is 2.16. The average Bonchev–Trinajstić information content (AvgIpc) is 2.71. The summed E-state index contributed by atoms with van der Waals surface area (Å²) in [4.78, 5) is 11.8. The zero-order valence-corrected chi connectivity index (χ0v) is 8.23. The monoisotopic (exact) mass is 194 g/mol. The van der Waals surface area contributed by atoms with E-state index in [0.717, 1.165) is 17.4 Å². The van der Waals surface area contributed by atoms with Gasteiger partial charge >= 0.3 is 0 Å². The number of benzene rings is 1. The molecule has 0 amide bonds. The Kier molecular flexibility index (Phi) is 1.72. The second kappa shape index (κ2) is 3.06. The van der Waals surface area contributed by atoms with Crippen LogP contribution in [0.2, 0.25) is 0 Å². The van der Waals surface area contributed by atoms with Crippen LogP contribution < -0.4 is 5.43 Å². The van der Waals surface area contributed by atoms with E-state index >= 15 is 0 Å². The lowest BCUT2D eigenvalue weighted by Gasteiger charge is -1.97. The number of hydrogen-bond donors (Lipinski definition) is 0. The molecule has 0 spiro atoms. The number of rotatable bonds is 0. The van der Waals surface area contributed by atoms with Gasteiger partial charge in [-0.15, -0.1) is 0 Å². The van der Waals surface area contributed by atoms with Gasteiger partial charge in [0.2, 0.25) is 0 Å². The van der Waals surface area contributed by atoms with Crippen molar-refractivity contribution in [3.8, 4) is 0 Å². The van der Waals surface area contributed by atoms with E-state index in [0.29, 0.717) is 0 Å². The van der Waals surface area contributed by atoms with Crippen LogP contribution >= 0.6 is 0 Å². The number of hydrogen-bond acceptors (Lipinski definition) is 1. The molecule has 0 fully saturated rings. The van der Waals surface area contributed by atoms with E-state index in [-0.39, 0.29) is 5.43 Å². The van der Waals surface area contributed by atoms with Gasteiger partial charge in [0, 0.05) is 5.56 Å². The van der Waals surface area contributed by atoms with Crippen molar-refractivity contribution >= 4 is 16.8 Å². The fraction of sp³-hybridized carbons (Fsp3) is 0.0714. The van der Waals surface area contributed by atoms with E-state index in [1.807, 2.05) is 30.3 Å². The Morgan fingerprint density at radius 2 is 1.87 bits per heavy atom. The first-order chi connectivity index (χ1) is 7.36. The Morgan fingerprint density at radius 1 is 1.00 bits per heavy atom. The quantitative estimate of drug-likeness (QED) is 0.630. The third-order valence-electron chi connectivity index (χ3n) is 2.90. The molecule has 0 saturated heterocycles. The Balaban J connectivity index is 2.59. The summed E-state index contributed by atoms with van der Waals surface area (Å²) < 4.78 is 0. The van der Waals surface area contributed by atoms with Crippen LogP contribution in [0.1, 0.15) is 11.1 Å². The first kappa shape index (κ1) is 8.42. The lowest BCUT2D eigenvalue weighted by Crippen LogP contribution is -1.99. The zero-order valence-electron chi connectivity index (χ0n) is 8.23. The van der Waals surface area contributed by atoms with Crippen LogP contribution in [0.15, 0.2) is 47.3 Å². The fourth-order valence-electron chi connectivity index (χ4n) is 2.16. The smallest absolute Gasteiger partial charge is 0.186 e. The van der Waals surface area contributed by atoms with Crippen LogP contribution in [0.3, 0.4) is 0 Å². The van der Waals surface area contributed by atoms with Gasteiger partial charge in [-0.2, -0.15) is 0 Å². The van der Waals surface area contributed by atoms with Crippen molar-refractivity contribution in [1.82, 2.24) is 0 Å². The molecule has 2 aromatic carbocycles. The lowest BCUT2D eigenvalue weighted by atomic mass is 10.1. The molecule has 1 heteroatoms. The Hall–Kier alpha value is -1.89. The van der Waals surface area contributed by atoms with Crippen molar-refractivity contribution in [2.75, 3.05) is 0 Å².